The average molecular weight is 297 g/mol. The van der Waals surface area contributed by atoms with E-state index in [2.05, 4.69) is 10.6 Å². The summed E-state index contributed by atoms with van der Waals surface area (Å²) in [7, 11) is -3.54. The first kappa shape index (κ1) is 13.3. The Labute approximate surface area is 117 Å². The van der Waals surface area contributed by atoms with E-state index in [1.807, 2.05) is 0 Å². The van der Waals surface area contributed by atoms with E-state index in [9.17, 15) is 13.2 Å². The Morgan fingerprint density at radius 1 is 1.15 bits per heavy atom. The summed E-state index contributed by atoms with van der Waals surface area (Å²) in [6.07, 6.45) is 0. The molecule has 1 aromatic rings. The van der Waals surface area contributed by atoms with Crippen LogP contribution in [-0.4, -0.2) is 51.5 Å². The third-order valence-electron chi connectivity index (χ3n) is 3.31. The molecule has 0 spiro atoms. The van der Waals surface area contributed by atoms with Gasteiger partial charge in [0.2, 0.25) is 15.9 Å². The van der Waals surface area contributed by atoms with E-state index < -0.39 is 10.0 Å². The fourth-order valence-electron chi connectivity index (χ4n) is 2.25. The molecule has 0 atom stereocenters. The molecule has 0 aromatic heterocycles. The third-order valence-corrected chi connectivity index (χ3v) is 5.21. The Hall–Kier alpha value is -1.64. The van der Waals surface area contributed by atoms with Gasteiger partial charge in [-0.05, 0) is 18.2 Å². The minimum absolute atomic E-state index is 0.182. The molecule has 108 valence electrons. The molecule has 2 aliphatic heterocycles. The lowest BCUT2D eigenvalue weighted by Gasteiger charge is -2.27. The topological polar surface area (TPSA) is 87.7 Å². The summed E-state index contributed by atoms with van der Waals surface area (Å²) >= 11 is 0. The maximum absolute atomic E-state index is 12.5. The van der Waals surface area contributed by atoms with Crippen LogP contribution in [0.4, 0.5) is 11.4 Å². The van der Waals surface area contributed by atoms with Gasteiger partial charge >= 0.3 is 0 Å². The molecule has 0 saturated carbocycles. The van der Waals surface area contributed by atoms with E-state index in [1.54, 1.807) is 12.1 Å². The molecule has 0 bridgehead atoms. The summed E-state index contributed by atoms with van der Waals surface area (Å²) in [4.78, 5) is 11.5. The van der Waals surface area contributed by atoms with E-state index >= 15 is 0 Å². The van der Waals surface area contributed by atoms with Crippen LogP contribution in [0.5, 0.6) is 0 Å². The van der Waals surface area contributed by atoms with Crippen LogP contribution in [0, 0.1) is 0 Å². The van der Waals surface area contributed by atoms with Gasteiger partial charge in [0, 0.05) is 13.1 Å². The highest BCUT2D eigenvalue weighted by molar-refractivity contribution is 7.89. The van der Waals surface area contributed by atoms with E-state index in [4.69, 9.17) is 4.74 Å². The van der Waals surface area contributed by atoms with Gasteiger partial charge in [0.15, 0.2) is 0 Å². The van der Waals surface area contributed by atoms with Crippen LogP contribution >= 0.6 is 0 Å². The van der Waals surface area contributed by atoms with E-state index in [0.717, 1.165) is 5.69 Å². The number of benzene rings is 1. The van der Waals surface area contributed by atoms with Crippen LogP contribution in [-0.2, 0) is 19.6 Å². The van der Waals surface area contributed by atoms with Crippen LogP contribution in [0.1, 0.15) is 0 Å². The average Bonchev–Trinajstić information content (AvgIpc) is 2.47. The van der Waals surface area contributed by atoms with Crippen molar-refractivity contribution < 1.29 is 17.9 Å². The molecule has 2 heterocycles. The molecule has 2 N–H and O–H groups in total. The summed E-state index contributed by atoms with van der Waals surface area (Å²) in [6.45, 7) is 1.71. The lowest BCUT2D eigenvalue weighted by atomic mass is 10.2. The van der Waals surface area contributed by atoms with Gasteiger partial charge in [-0.15, -0.1) is 0 Å². The summed E-state index contributed by atoms with van der Waals surface area (Å²) in [5.41, 5.74) is 1.22. The highest BCUT2D eigenvalue weighted by atomic mass is 32.2. The number of morpholine rings is 1. The first-order valence-corrected chi connectivity index (χ1v) is 7.77. The van der Waals surface area contributed by atoms with Crippen molar-refractivity contribution in [3.63, 3.8) is 0 Å². The quantitative estimate of drug-likeness (QED) is 0.806. The van der Waals surface area contributed by atoms with Crippen molar-refractivity contribution in [2.75, 3.05) is 43.5 Å². The first-order chi connectivity index (χ1) is 9.57. The third kappa shape index (κ3) is 2.37. The fraction of sp³-hybridized carbons (Fsp3) is 0.417. The molecule has 7 nitrogen and oxygen atoms in total. The Morgan fingerprint density at radius 3 is 2.65 bits per heavy atom. The van der Waals surface area contributed by atoms with Crippen molar-refractivity contribution in [2.24, 2.45) is 0 Å². The summed E-state index contributed by atoms with van der Waals surface area (Å²) in [5, 5.41) is 5.60. The maximum atomic E-state index is 12.5. The second-order valence-electron chi connectivity index (χ2n) is 4.63. The van der Waals surface area contributed by atoms with Gasteiger partial charge in [-0.2, -0.15) is 4.31 Å². The summed E-state index contributed by atoms with van der Waals surface area (Å²) in [5.74, 6) is -0.182. The Kier molecular flexibility index (Phi) is 3.36. The van der Waals surface area contributed by atoms with Crippen LogP contribution in [0.3, 0.4) is 0 Å². The number of hydrogen-bond donors (Lipinski definition) is 2. The molecule has 8 heteroatoms. The molecule has 0 unspecified atom stereocenters. The number of fused-ring (bicyclic) bond motifs is 1. The largest absolute Gasteiger partial charge is 0.379 e. The maximum Gasteiger partial charge on any atom is 0.243 e. The Bertz CT molecular complexity index is 638. The molecule has 2 aliphatic rings. The lowest BCUT2D eigenvalue weighted by molar-refractivity contribution is -0.114. The molecule has 1 fully saturated rings. The molecule has 1 saturated heterocycles. The summed E-state index contributed by atoms with van der Waals surface area (Å²) < 4.78 is 31.5. The minimum atomic E-state index is -3.54. The Balaban J connectivity index is 1.93. The van der Waals surface area contributed by atoms with Crippen LogP contribution in [0.25, 0.3) is 0 Å². The van der Waals surface area contributed by atoms with Gasteiger partial charge in [0.25, 0.3) is 0 Å². The highest BCUT2D eigenvalue weighted by Gasteiger charge is 2.27. The highest BCUT2D eigenvalue weighted by Crippen LogP contribution is 2.29. The number of ether oxygens (including phenoxy) is 1. The second-order valence-corrected chi connectivity index (χ2v) is 6.56. The monoisotopic (exact) mass is 297 g/mol. The molecule has 0 aliphatic carbocycles. The van der Waals surface area contributed by atoms with Gasteiger partial charge in [-0.1, -0.05) is 0 Å². The standard InChI is InChI=1S/C12H15N3O4S/c16-12-8-13-10-2-1-9(7-11(10)14-12)20(17,18)15-3-5-19-6-4-15/h1-2,7,13H,3-6,8H2,(H,14,16). The van der Waals surface area contributed by atoms with Gasteiger partial charge in [0.1, 0.15) is 0 Å². The number of amides is 1. The zero-order valence-corrected chi connectivity index (χ0v) is 11.6. The van der Waals surface area contributed by atoms with Crippen molar-refractivity contribution in [3.05, 3.63) is 18.2 Å². The van der Waals surface area contributed by atoms with Crippen molar-refractivity contribution in [3.8, 4) is 0 Å². The van der Waals surface area contributed by atoms with Crippen LogP contribution in [0.2, 0.25) is 0 Å². The normalized spacial score (nSPS) is 19.9. The van der Waals surface area contributed by atoms with Crippen molar-refractivity contribution in [2.45, 2.75) is 4.90 Å². The SMILES string of the molecule is O=C1CNc2ccc(S(=O)(=O)N3CCOCC3)cc2N1. The lowest BCUT2D eigenvalue weighted by Crippen LogP contribution is -2.40. The number of anilines is 2. The molecular formula is C12H15N3O4S. The van der Waals surface area contributed by atoms with Crippen molar-refractivity contribution >= 4 is 27.3 Å². The summed E-state index contributed by atoms with van der Waals surface area (Å²) in [6, 6.07) is 4.71. The Morgan fingerprint density at radius 2 is 1.90 bits per heavy atom. The number of carbonyl (C=O) groups excluding carboxylic acids is 1. The molecule has 1 amide bonds. The fourth-order valence-corrected chi connectivity index (χ4v) is 3.68. The molecule has 0 radical (unpaired) electrons. The van der Waals surface area contributed by atoms with Gasteiger partial charge in [-0.3, -0.25) is 4.79 Å². The number of carbonyl (C=O) groups is 1. The second kappa shape index (κ2) is 5.04. The molecule has 20 heavy (non-hydrogen) atoms. The number of nitrogens with one attached hydrogen (secondary N) is 2. The number of nitrogens with zero attached hydrogens (tertiary/aromatic N) is 1. The molecule has 3 rings (SSSR count). The predicted molar refractivity (Wildman–Crippen MR) is 73.1 cm³/mol. The van der Waals surface area contributed by atoms with E-state index in [1.165, 1.54) is 10.4 Å². The van der Waals surface area contributed by atoms with Gasteiger partial charge in [-0.25, -0.2) is 8.42 Å². The predicted octanol–water partition coefficient (Wildman–Crippen LogP) is 0.0715. The smallest absolute Gasteiger partial charge is 0.243 e. The number of hydrogen-bond acceptors (Lipinski definition) is 5. The van der Waals surface area contributed by atoms with Crippen LogP contribution in [0.15, 0.2) is 23.1 Å². The van der Waals surface area contributed by atoms with Crippen molar-refractivity contribution in [1.29, 1.82) is 0 Å². The van der Waals surface area contributed by atoms with E-state index in [0.29, 0.717) is 32.0 Å². The number of rotatable bonds is 2. The van der Waals surface area contributed by atoms with Crippen molar-refractivity contribution in [1.82, 2.24) is 4.31 Å². The molecular weight excluding hydrogens is 282 g/mol. The van der Waals surface area contributed by atoms with Gasteiger partial charge in [0.05, 0.1) is 36.0 Å². The number of sulfonamides is 1. The van der Waals surface area contributed by atoms with Gasteiger partial charge < -0.3 is 15.4 Å². The van der Waals surface area contributed by atoms with E-state index in [-0.39, 0.29) is 17.3 Å². The zero-order chi connectivity index (χ0) is 14.2. The minimum Gasteiger partial charge on any atom is -0.379 e. The first-order valence-electron chi connectivity index (χ1n) is 6.33. The molecule has 1 aromatic carbocycles. The van der Waals surface area contributed by atoms with Crippen LogP contribution < -0.4 is 10.6 Å². The zero-order valence-electron chi connectivity index (χ0n) is 10.8.